The zero-order valence-electron chi connectivity index (χ0n) is 19.9. The first-order chi connectivity index (χ1) is 16.8. The molecule has 0 bridgehead atoms. The summed E-state index contributed by atoms with van der Waals surface area (Å²) in [4.78, 5) is 10.6. The van der Waals surface area contributed by atoms with E-state index in [0.717, 1.165) is 5.56 Å². The van der Waals surface area contributed by atoms with Gasteiger partial charge in [0.15, 0.2) is 0 Å². The molecule has 0 atom stereocenters. The van der Waals surface area contributed by atoms with E-state index in [2.05, 4.69) is 0 Å². The van der Waals surface area contributed by atoms with Crippen LogP contribution in [0.3, 0.4) is 0 Å². The van der Waals surface area contributed by atoms with Crippen LogP contribution in [0.2, 0.25) is 0 Å². The fourth-order valence-corrected chi connectivity index (χ4v) is 2.42. The molecule has 0 radical (unpaired) electrons. The second-order valence-corrected chi connectivity index (χ2v) is 6.98. The second kappa shape index (κ2) is 22.0. The summed E-state index contributed by atoms with van der Waals surface area (Å²) in [5.41, 5.74) is 1.09. The second-order valence-electron chi connectivity index (χ2n) is 6.98. The van der Waals surface area contributed by atoms with Crippen LogP contribution in [-0.4, -0.2) is 5.78 Å². The van der Waals surface area contributed by atoms with E-state index in [1.54, 1.807) is 6.92 Å². The highest BCUT2D eigenvalue weighted by molar-refractivity contribution is 5.78. The van der Waals surface area contributed by atoms with Crippen molar-refractivity contribution in [2.45, 2.75) is 13.3 Å². The lowest BCUT2D eigenvalue weighted by molar-refractivity contribution is -0.116. The van der Waals surface area contributed by atoms with Gasteiger partial charge < -0.3 is 0 Å². The summed E-state index contributed by atoms with van der Waals surface area (Å²) in [5.74, 6) is 0.214. The van der Waals surface area contributed by atoms with Crippen molar-refractivity contribution in [1.82, 2.24) is 0 Å². The third-order valence-electron chi connectivity index (χ3n) is 3.96. The number of Topliss-reactive ketones (excluding diaryl/α,β-unsaturated/α-hetero) is 1. The Kier molecular flexibility index (Phi) is 18.0. The van der Waals surface area contributed by atoms with Crippen molar-refractivity contribution in [1.29, 1.82) is 0 Å². The number of carbonyl (C=O) groups is 1. The molecule has 0 aromatic heterocycles. The maximum atomic E-state index is 10.6. The third-order valence-corrected chi connectivity index (χ3v) is 3.96. The maximum absolute atomic E-state index is 10.6. The lowest BCUT2D eigenvalue weighted by atomic mass is 10.1. The van der Waals surface area contributed by atoms with Crippen LogP contribution in [-0.2, 0) is 11.2 Å². The van der Waals surface area contributed by atoms with Gasteiger partial charge in [0.25, 0.3) is 0 Å². The molecule has 5 rings (SSSR count). The molecule has 0 aliphatic rings. The summed E-state index contributed by atoms with van der Waals surface area (Å²) < 4.78 is 0. The normalized spacial score (nSPS) is 8.38. The molecule has 0 unspecified atom stereocenters. The van der Waals surface area contributed by atoms with Crippen LogP contribution < -0.4 is 0 Å². The van der Waals surface area contributed by atoms with Crippen molar-refractivity contribution in [3.05, 3.63) is 181 Å². The Morgan fingerprint density at radius 2 is 0.559 bits per heavy atom. The zero-order valence-corrected chi connectivity index (χ0v) is 19.9. The quantitative estimate of drug-likeness (QED) is 0.265. The molecule has 0 amide bonds. The predicted molar refractivity (Wildman–Crippen MR) is 147 cm³/mol. The van der Waals surface area contributed by atoms with Crippen LogP contribution in [0.15, 0.2) is 176 Å². The number of rotatable bonds is 2. The Labute approximate surface area is 205 Å². The SMILES string of the molecule is CC(=O)Cc1ccccc1.c1ccccc1.c1ccccc1.c1ccccc1.c1ccccc1. The molecule has 5 aromatic carbocycles. The molecule has 1 nitrogen and oxygen atoms in total. The van der Waals surface area contributed by atoms with E-state index in [9.17, 15) is 4.79 Å². The zero-order chi connectivity index (χ0) is 24.4. The molecule has 5 aromatic rings. The Hall–Kier alpha value is -4.23. The standard InChI is InChI=1S/C9H10O.4C6H6/c1-8(10)7-9-5-3-2-4-6-9;4*1-2-4-6-5-3-1/h2-6H,7H2,1H3;4*1-6H. The number of carbonyl (C=O) groups excluding carboxylic acids is 1. The van der Waals surface area contributed by atoms with Crippen LogP contribution in [0.25, 0.3) is 0 Å². The molecule has 0 aliphatic heterocycles. The molecule has 0 spiro atoms. The van der Waals surface area contributed by atoms with Gasteiger partial charge in [-0.15, -0.1) is 0 Å². The topological polar surface area (TPSA) is 17.1 Å². The number of hydrogen-bond donors (Lipinski definition) is 0. The summed E-state index contributed by atoms with van der Waals surface area (Å²) in [6.45, 7) is 1.60. The molecular formula is C33H34O. The van der Waals surface area contributed by atoms with Crippen molar-refractivity contribution in [3.8, 4) is 0 Å². The highest BCUT2D eigenvalue weighted by Crippen LogP contribution is 1.99. The molecule has 0 aliphatic carbocycles. The number of hydrogen-bond acceptors (Lipinski definition) is 1. The molecule has 0 fully saturated rings. The van der Waals surface area contributed by atoms with Gasteiger partial charge in [-0.25, -0.2) is 0 Å². The summed E-state index contributed by atoms with van der Waals surface area (Å²) in [5, 5.41) is 0. The first kappa shape index (κ1) is 27.8. The summed E-state index contributed by atoms with van der Waals surface area (Å²) in [6, 6.07) is 57.8. The van der Waals surface area contributed by atoms with Crippen LogP contribution in [0, 0.1) is 0 Å². The van der Waals surface area contributed by atoms with Crippen LogP contribution in [0.5, 0.6) is 0 Å². The van der Waals surface area contributed by atoms with Gasteiger partial charge in [0.1, 0.15) is 5.78 Å². The van der Waals surface area contributed by atoms with Crippen LogP contribution >= 0.6 is 0 Å². The predicted octanol–water partition coefficient (Wildman–Crippen LogP) is 8.56. The monoisotopic (exact) mass is 446 g/mol. The molecule has 1 heteroatoms. The minimum Gasteiger partial charge on any atom is -0.300 e. The average molecular weight is 447 g/mol. The van der Waals surface area contributed by atoms with Crippen LogP contribution in [0.1, 0.15) is 12.5 Å². The Morgan fingerprint density at radius 3 is 0.735 bits per heavy atom. The minimum absolute atomic E-state index is 0.214. The molecule has 0 N–H and O–H groups in total. The minimum atomic E-state index is 0.214. The van der Waals surface area contributed by atoms with E-state index in [0.29, 0.717) is 6.42 Å². The molecule has 172 valence electrons. The van der Waals surface area contributed by atoms with E-state index < -0.39 is 0 Å². The Morgan fingerprint density at radius 1 is 0.382 bits per heavy atom. The van der Waals surface area contributed by atoms with Gasteiger partial charge >= 0.3 is 0 Å². The first-order valence-corrected chi connectivity index (χ1v) is 11.3. The van der Waals surface area contributed by atoms with Gasteiger partial charge in [0, 0.05) is 6.42 Å². The summed E-state index contributed by atoms with van der Waals surface area (Å²) in [7, 11) is 0. The maximum Gasteiger partial charge on any atom is 0.134 e. The van der Waals surface area contributed by atoms with E-state index in [-0.39, 0.29) is 5.78 Å². The number of benzene rings is 5. The van der Waals surface area contributed by atoms with Gasteiger partial charge in [0.05, 0.1) is 0 Å². The van der Waals surface area contributed by atoms with E-state index in [1.165, 1.54) is 0 Å². The van der Waals surface area contributed by atoms with Gasteiger partial charge in [-0.3, -0.25) is 4.79 Å². The lowest BCUT2D eigenvalue weighted by Gasteiger charge is -1.93. The fourth-order valence-electron chi connectivity index (χ4n) is 2.42. The molecule has 0 saturated heterocycles. The summed E-state index contributed by atoms with van der Waals surface area (Å²) in [6.07, 6.45) is 0.556. The van der Waals surface area contributed by atoms with Gasteiger partial charge in [0.2, 0.25) is 0 Å². The Balaban J connectivity index is 0.000000217. The van der Waals surface area contributed by atoms with Crippen molar-refractivity contribution in [2.24, 2.45) is 0 Å². The van der Waals surface area contributed by atoms with Gasteiger partial charge in [-0.2, -0.15) is 0 Å². The van der Waals surface area contributed by atoms with Crippen molar-refractivity contribution >= 4 is 5.78 Å². The highest BCUT2D eigenvalue weighted by atomic mass is 16.1. The summed E-state index contributed by atoms with van der Waals surface area (Å²) >= 11 is 0. The Bertz CT molecular complexity index is 783. The molecule has 34 heavy (non-hydrogen) atoms. The van der Waals surface area contributed by atoms with Crippen molar-refractivity contribution < 1.29 is 4.79 Å². The first-order valence-electron chi connectivity index (χ1n) is 11.3. The van der Waals surface area contributed by atoms with E-state index in [4.69, 9.17) is 0 Å². The molecule has 0 saturated carbocycles. The smallest absolute Gasteiger partial charge is 0.134 e. The number of ketones is 1. The lowest BCUT2D eigenvalue weighted by Crippen LogP contribution is -1.94. The van der Waals surface area contributed by atoms with E-state index in [1.807, 2.05) is 176 Å². The fraction of sp³-hybridized carbons (Fsp3) is 0.0606. The van der Waals surface area contributed by atoms with Crippen molar-refractivity contribution in [3.63, 3.8) is 0 Å². The van der Waals surface area contributed by atoms with E-state index >= 15 is 0 Å². The largest absolute Gasteiger partial charge is 0.300 e. The van der Waals surface area contributed by atoms with Crippen molar-refractivity contribution in [2.75, 3.05) is 0 Å². The third kappa shape index (κ3) is 19.7. The van der Waals surface area contributed by atoms with Gasteiger partial charge in [-0.05, 0) is 12.5 Å². The van der Waals surface area contributed by atoms with Gasteiger partial charge in [-0.1, -0.05) is 176 Å². The van der Waals surface area contributed by atoms with Crippen LogP contribution in [0.4, 0.5) is 0 Å². The molecule has 0 heterocycles. The average Bonchev–Trinajstić information content (AvgIpc) is 2.94. The molecular weight excluding hydrogens is 412 g/mol. The highest BCUT2D eigenvalue weighted by Gasteiger charge is 1.93.